The highest BCUT2D eigenvalue weighted by molar-refractivity contribution is 7.80. The second-order valence-electron chi connectivity index (χ2n) is 4.77. The highest BCUT2D eigenvalue weighted by Crippen LogP contribution is 2.37. The van der Waals surface area contributed by atoms with Crippen LogP contribution < -0.4 is 11.1 Å². The summed E-state index contributed by atoms with van der Waals surface area (Å²) >= 11 is 5.07. The number of anilines is 1. The zero-order chi connectivity index (χ0) is 11.7. The molecule has 0 heterocycles. The number of nitrogens with one attached hydrogen (secondary N) is 1. The van der Waals surface area contributed by atoms with Gasteiger partial charge in [0, 0.05) is 17.8 Å². The first-order chi connectivity index (χ1) is 7.58. The smallest absolute Gasteiger partial charge is 0.106 e. The Morgan fingerprint density at radius 3 is 2.81 bits per heavy atom. The van der Waals surface area contributed by atoms with Gasteiger partial charge in [-0.05, 0) is 37.3 Å². The van der Waals surface area contributed by atoms with Crippen molar-refractivity contribution < 1.29 is 0 Å². The van der Waals surface area contributed by atoms with Gasteiger partial charge >= 0.3 is 0 Å². The standard InChI is InChI=1S/C13H18N2S/c1-8-3-4-12(11(5-8)13(14)16)15-7-10-6-9(10)2/h3-5,9-10,15H,6-7H2,1-2H3,(H2,14,16). The van der Waals surface area contributed by atoms with Crippen LogP contribution in [-0.2, 0) is 0 Å². The molecule has 16 heavy (non-hydrogen) atoms. The second kappa shape index (κ2) is 4.42. The molecule has 2 rings (SSSR count). The molecule has 1 fully saturated rings. The Bertz CT molecular complexity index is 414. The summed E-state index contributed by atoms with van der Waals surface area (Å²) in [6, 6.07) is 6.19. The molecular formula is C13H18N2S. The molecule has 0 saturated heterocycles. The van der Waals surface area contributed by atoms with E-state index in [0.717, 1.165) is 29.6 Å². The third-order valence-electron chi connectivity index (χ3n) is 3.27. The number of hydrogen-bond donors (Lipinski definition) is 2. The van der Waals surface area contributed by atoms with Crippen molar-refractivity contribution in [1.29, 1.82) is 0 Å². The van der Waals surface area contributed by atoms with E-state index < -0.39 is 0 Å². The predicted octanol–water partition coefficient (Wildman–Crippen LogP) is 2.70. The van der Waals surface area contributed by atoms with E-state index in [-0.39, 0.29) is 0 Å². The topological polar surface area (TPSA) is 38.0 Å². The minimum absolute atomic E-state index is 0.468. The second-order valence-corrected chi connectivity index (χ2v) is 5.21. The molecule has 1 aromatic carbocycles. The van der Waals surface area contributed by atoms with E-state index in [2.05, 4.69) is 31.3 Å². The fourth-order valence-electron chi connectivity index (χ4n) is 1.94. The molecule has 0 aliphatic heterocycles. The quantitative estimate of drug-likeness (QED) is 0.787. The van der Waals surface area contributed by atoms with Gasteiger partial charge in [-0.2, -0.15) is 0 Å². The summed E-state index contributed by atoms with van der Waals surface area (Å²) in [6.07, 6.45) is 1.33. The molecule has 0 radical (unpaired) electrons. The monoisotopic (exact) mass is 234 g/mol. The first-order valence-corrected chi connectivity index (χ1v) is 6.13. The van der Waals surface area contributed by atoms with Gasteiger partial charge in [0.05, 0.1) is 0 Å². The maximum atomic E-state index is 5.72. The Morgan fingerprint density at radius 1 is 1.56 bits per heavy atom. The Balaban J connectivity index is 2.09. The average Bonchev–Trinajstić information content (AvgIpc) is 2.92. The number of nitrogens with two attached hydrogens (primary N) is 1. The van der Waals surface area contributed by atoms with Crippen LogP contribution >= 0.6 is 12.2 Å². The van der Waals surface area contributed by atoms with Crippen LogP contribution in [0.25, 0.3) is 0 Å². The van der Waals surface area contributed by atoms with Crippen LogP contribution in [0.1, 0.15) is 24.5 Å². The Hall–Kier alpha value is -1.09. The van der Waals surface area contributed by atoms with Crippen molar-refractivity contribution in [3.63, 3.8) is 0 Å². The van der Waals surface area contributed by atoms with Crippen LogP contribution in [-0.4, -0.2) is 11.5 Å². The van der Waals surface area contributed by atoms with Crippen molar-refractivity contribution in [2.75, 3.05) is 11.9 Å². The summed E-state index contributed by atoms with van der Waals surface area (Å²) < 4.78 is 0. The maximum absolute atomic E-state index is 5.72. The first kappa shape index (κ1) is 11.4. The van der Waals surface area contributed by atoms with Gasteiger partial charge in [-0.15, -0.1) is 0 Å². The van der Waals surface area contributed by atoms with Crippen molar-refractivity contribution in [3.8, 4) is 0 Å². The lowest BCUT2D eigenvalue weighted by molar-refractivity contribution is 0.787. The van der Waals surface area contributed by atoms with Gasteiger partial charge < -0.3 is 11.1 Å². The lowest BCUT2D eigenvalue weighted by atomic mass is 10.1. The van der Waals surface area contributed by atoms with Crippen molar-refractivity contribution in [1.82, 2.24) is 0 Å². The molecule has 0 spiro atoms. The molecule has 2 unspecified atom stereocenters. The fraction of sp³-hybridized carbons (Fsp3) is 0.462. The van der Waals surface area contributed by atoms with Gasteiger partial charge in [-0.1, -0.05) is 30.8 Å². The Morgan fingerprint density at radius 2 is 2.25 bits per heavy atom. The number of thiocarbonyl (C=S) groups is 1. The Kier molecular flexibility index (Phi) is 3.15. The molecule has 86 valence electrons. The first-order valence-electron chi connectivity index (χ1n) is 5.72. The molecule has 0 amide bonds. The van der Waals surface area contributed by atoms with Crippen molar-refractivity contribution in [2.45, 2.75) is 20.3 Å². The summed E-state index contributed by atoms with van der Waals surface area (Å²) in [5.74, 6) is 1.69. The summed E-state index contributed by atoms with van der Waals surface area (Å²) in [4.78, 5) is 0.468. The molecule has 3 N–H and O–H groups in total. The molecule has 1 saturated carbocycles. The van der Waals surface area contributed by atoms with Gasteiger partial charge in [0.1, 0.15) is 4.99 Å². The van der Waals surface area contributed by atoms with Crippen molar-refractivity contribution in [2.24, 2.45) is 17.6 Å². The van der Waals surface area contributed by atoms with Gasteiger partial charge in [-0.3, -0.25) is 0 Å². The third-order valence-corrected chi connectivity index (χ3v) is 3.49. The van der Waals surface area contributed by atoms with Crippen molar-refractivity contribution in [3.05, 3.63) is 29.3 Å². The number of aryl methyl sites for hydroxylation is 1. The number of rotatable bonds is 4. The molecule has 0 aromatic heterocycles. The molecule has 0 bridgehead atoms. The van der Waals surface area contributed by atoms with Gasteiger partial charge in [0.15, 0.2) is 0 Å². The largest absolute Gasteiger partial charge is 0.389 e. The van der Waals surface area contributed by atoms with E-state index >= 15 is 0 Å². The summed E-state index contributed by atoms with van der Waals surface area (Å²) in [5, 5.41) is 3.45. The van der Waals surface area contributed by atoms with Gasteiger partial charge in [0.25, 0.3) is 0 Å². The Labute approximate surface area is 102 Å². The molecule has 2 atom stereocenters. The predicted molar refractivity (Wildman–Crippen MR) is 72.8 cm³/mol. The SMILES string of the molecule is Cc1ccc(NCC2CC2C)c(C(N)=S)c1. The van der Waals surface area contributed by atoms with Crippen LogP contribution in [0.5, 0.6) is 0 Å². The molecule has 1 aliphatic rings. The van der Waals surface area contributed by atoms with Gasteiger partial charge in [0.2, 0.25) is 0 Å². The van der Waals surface area contributed by atoms with Crippen LogP contribution in [0, 0.1) is 18.8 Å². The number of hydrogen-bond acceptors (Lipinski definition) is 2. The lowest BCUT2D eigenvalue weighted by Gasteiger charge is -2.11. The van der Waals surface area contributed by atoms with Gasteiger partial charge in [-0.25, -0.2) is 0 Å². The number of benzene rings is 1. The van der Waals surface area contributed by atoms with Crippen LogP contribution in [0.15, 0.2) is 18.2 Å². The van der Waals surface area contributed by atoms with E-state index in [4.69, 9.17) is 18.0 Å². The normalized spacial score (nSPS) is 22.9. The van der Waals surface area contributed by atoms with Crippen LogP contribution in [0.2, 0.25) is 0 Å². The summed E-state index contributed by atoms with van der Waals surface area (Å²) in [7, 11) is 0. The molecule has 2 nitrogen and oxygen atoms in total. The minimum Gasteiger partial charge on any atom is -0.389 e. The van der Waals surface area contributed by atoms with E-state index in [1.54, 1.807) is 0 Å². The van der Waals surface area contributed by atoms with E-state index in [1.165, 1.54) is 12.0 Å². The highest BCUT2D eigenvalue weighted by Gasteiger charge is 2.31. The molecule has 1 aromatic rings. The van der Waals surface area contributed by atoms with Crippen LogP contribution in [0.3, 0.4) is 0 Å². The maximum Gasteiger partial charge on any atom is 0.106 e. The average molecular weight is 234 g/mol. The third kappa shape index (κ3) is 2.53. The summed E-state index contributed by atoms with van der Waals surface area (Å²) in [6.45, 7) is 5.37. The van der Waals surface area contributed by atoms with Crippen molar-refractivity contribution >= 4 is 22.9 Å². The zero-order valence-corrected chi connectivity index (χ0v) is 10.6. The molecule has 3 heteroatoms. The minimum atomic E-state index is 0.468. The van der Waals surface area contributed by atoms with E-state index in [0.29, 0.717) is 4.99 Å². The molecular weight excluding hydrogens is 216 g/mol. The summed E-state index contributed by atoms with van der Waals surface area (Å²) in [5.41, 5.74) is 8.94. The fourth-order valence-corrected chi connectivity index (χ4v) is 2.11. The zero-order valence-electron chi connectivity index (χ0n) is 9.79. The highest BCUT2D eigenvalue weighted by atomic mass is 32.1. The molecule has 1 aliphatic carbocycles. The van der Waals surface area contributed by atoms with E-state index in [9.17, 15) is 0 Å². The lowest BCUT2D eigenvalue weighted by Crippen LogP contribution is -2.14. The van der Waals surface area contributed by atoms with E-state index in [1.807, 2.05) is 6.07 Å². The van der Waals surface area contributed by atoms with Crippen LogP contribution in [0.4, 0.5) is 5.69 Å².